The molecule has 6 nitrogen and oxygen atoms in total. The van der Waals surface area contributed by atoms with Crippen molar-refractivity contribution in [3.05, 3.63) is 52.8 Å². The van der Waals surface area contributed by atoms with Crippen LogP contribution in [0.1, 0.15) is 18.9 Å². The molecule has 3 rings (SSSR count). The summed E-state index contributed by atoms with van der Waals surface area (Å²) in [6.45, 7) is 1.85. The molecular weight excluding hydrogens is 280 g/mol. The summed E-state index contributed by atoms with van der Waals surface area (Å²) in [7, 11) is 3.26. The molecule has 0 spiro atoms. The lowest BCUT2D eigenvalue weighted by Crippen LogP contribution is -2.24. The second-order valence-corrected chi connectivity index (χ2v) is 5.02. The van der Waals surface area contributed by atoms with Gasteiger partial charge in [-0.1, -0.05) is 6.07 Å². The number of pyridine rings is 2. The van der Waals surface area contributed by atoms with Gasteiger partial charge in [-0.3, -0.25) is 14.3 Å². The normalized spacial score (nSPS) is 12.5. The van der Waals surface area contributed by atoms with Crippen molar-refractivity contribution >= 4 is 11.0 Å². The predicted octanol–water partition coefficient (Wildman–Crippen LogP) is 2.10. The molecule has 0 radical (unpaired) electrons. The molecule has 6 heteroatoms. The SMILES string of the molecule is COC(C)c1nc2cc(-c3ccccn3)cnc2c(=O)n1C. The molecule has 0 aliphatic carbocycles. The lowest BCUT2D eigenvalue weighted by Gasteiger charge is -2.14. The van der Waals surface area contributed by atoms with E-state index in [2.05, 4.69) is 15.0 Å². The highest BCUT2D eigenvalue weighted by atomic mass is 16.5. The fraction of sp³-hybridized carbons (Fsp3) is 0.250. The van der Waals surface area contributed by atoms with Gasteiger partial charge in [0, 0.05) is 32.1 Å². The van der Waals surface area contributed by atoms with Gasteiger partial charge in [0.15, 0.2) is 5.52 Å². The van der Waals surface area contributed by atoms with Crippen LogP contribution in [0, 0.1) is 0 Å². The zero-order chi connectivity index (χ0) is 15.7. The summed E-state index contributed by atoms with van der Waals surface area (Å²) in [5, 5.41) is 0. The quantitative estimate of drug-likeness (QED) is 0.740. The molecule has 0 fully saturated rings. The van der Waals surface area contributed by atoms with E-state index in [9.17, 15) is 4.79 Å². The molecule has 0 saturated heterocycles. The van der Waals surface area contributed by atoms with Crippen molar-refractivity contribution in [2.24, 2.45) is 7.05 Å². The van der Waals surface area contributed by atoms with Crippen LogP contribution in [0.3, 0.4) is 0 Å². The molecule has 0 bridgehead atoms. The first kappa shape index (κ1) is 14.3. The lowest BCUT2D eigenvalue weighted by atomic mass is 10.1. The van der Waals surface area contributed by atoms with Gasteiger partial charge in [-0.2, -0.15) is 0 Å². The van der Waals surface area contributed by atoms with Crippen LogP contribution in [0.4, 0.5) is 0 Å². The Balaban J connectivity index is 2.24. The zero-order valence-electron chi connectivity index (χ0n) is 12.6. The Kier molecular flexibility index (Phi) is 3.68. The molecular formula is C16H16N4O2. The topological polar surface area (TPSA) is 69.9 Å². The Hall–Kier alpha value is -2.60. The Morgan fingerprint density at radius 2 is 2.09 bits per heavy atom. The maximum Gasteiger partial charge on any atom is 0.279 e. The molecule has 3 aromatic heterocycles. The number of ether oxygens (including phenoxy) is 1. The number of methoxy groups -OCH3 is 1. The molecule has 3 heterocycles. The third-order valence-electron chi connectivity index (χ3n) is 3.63. The summed E-state index contributed by atoms with van der Waals surface area (Å²) in [6.07, 6.45) is 3.09. The molecule has 112 valence electrons. The van der Waals surface area contributed by atoms with Gasteiger partial charge < -0.3 is 4.74 Å². The van der Waals surface area contributed by atoms with Crippen molar-refractivity contribution < 1.29 is 4.74 Å². The van der Waals surface area contributed by atoms with E-state index in [0.717, 1.165) is 11.3 Å². The minimum absolute atomic E-state index is 0.184. The summed E-state index contributed by atoms with van der Waals surface area (Å²) in [5.41, 5.74) is 2.32. The summed E-state index contributed by atoms with van der Waals surface area (Å²) >= 11 is 0. The van der Waals surface area contributed by atoms with Crippen LogP contribution in [0.15, 0.2) is 41.5 Å². The van der Waals surface area contributed by atoms with Crippen LogP contribution < -0.4 is 5.56 Å². The molecule has 1 unspecified atom stereocenters. The van der Waals surface area contributed by atoms with Crippen molar-refractivity contribution in [1.82, 2.24) is 19.5 Å². The van der Waals surface area contributed by atoms with Gasteiger partial charge in [-0.15, -0.1) is 0 Å². The van der Waals surface area contributed by atoms with Crippen molar-refractivity contribution in [1.29, 1.82) is 0 Å². The molecule has 0 saturated carbocycles. The van der Waals surface area contributed by atoms with Crippen LogP contribution in [-0.4, -0.2) is 26.6 Å². The third-order valence-corrected chi connectivity index (χ3v) is 3.63. The molecule has 1 atom stereocenters. The highest BCUT2D eigenvalue weighted by Crippen LogP contribution is 2.20. The smallest absolute Gasteiger partial charge is 0.279 e. The second kappa shape index (κ2) is 5.65. The molecule has 0 aliphatic heterocycles. The van der Waals surface area contributed by atoms with Crippen molar-refractivity contribution in [2.45, 2.75) is 13.0 Å². The van der Waals surface area contributed by atoms with E-state index in [1.807, 2.05) is 31.2 Å². The minimum Gasteiger partial charge on any atom is -0.374 e. The van der Waals surface area contributed by atoms with Crippen molar-refractivity contribution in [3.63, 3.8) is 0 Å². The van der Waals surface area contributed by atoms with Crippen molar-refractivity contribution in [2.75, 3.05) is 7.11 Å². The minimum atomic E-state index is -0.277. The highest BCUT2D eigenvalue weighted by Gasteiger charge is 2.15. The van der Waals surface area contributed by atoms with E-state index in [1.54, 1.807) is 26.6 Å². The van der Waals surface area contributed by atoms with Gasteiger partial charge in [0.25, 0.3) is 5.56 Å². The average Bonchev–Trinajstić information content (AvgIpc) is 2.57. The summed E-state index contributed by atoms with van der Waals surface area (Å²) in [4.78, 5) is 25.5. The number of aromatic nitrogens is 4. The first-order valence-electron chi connectivity index (χ1n) is 6.92. The molecule has 0 aromatic carbocycles. The van der Waals surface area contributed by atoms with Crippen LogP contribution >= 0.6 is 0 Å². The van der Waals surface area contributed by atoms with Gasteiger partial charge >= 0.3 is 0 Å². The monoisotopic (exact) mass is 296 g/mol. The number of fused-ring (bicyclic) bond motifs is 1. The highest BCUT2D eigenvalue weighted by molar-refractivity contribution is 5.78. The second-order valence-electron chi connectivity index (χ2n) is 5.02. The first-order chi connectivity index (χ1) is 10.6. The molecule has 0 amide bonds. The first-order valence-corrected chi connectivity index (χ1v) is 6.92. The Labute approximate surface area is 127 Å². The molecule has 0 N–H and O–H groups in total. The fourth-order valence-electron chi connectivity index (χ4n) is 2.31. The van der Waals surface area contributed by atoms with Gasteiger partial charge in [0.2, 0.25) is 0 Å². The molecule has 0 aliphatic rings. The van der Waals surface area contributed by atoms with Crippen molar-refractivity contribution in [3.8, 4) is 11.3 Å². The maximum atomic E-state index is 12.4. The van der Waals surface area contributed by atoms with Crippen LogP contribution in [0.2, 0.25) is 0 Å². The predicted molar refractivity (Wildman–Crippen MR) is 83.4 cm³/mol. The maximum absolute atomic E-state index is 12.4. The van der Waals surface area contributed by atoms with Gasteiger partial charge in [0.05, 0.1) is 11.2 Å². The number of hydrogen-bond acceptors (Lipinski definition) is 5. The van der Waals surface area contributed by atoms with E-state index < -0.39 is 0 Å². The largest absolute Gasteiger partial charge is 0.374 e. The number of nitrogens with zero attached hydrogens (tertiary/aromatic N) is 4. The summed E-state index contributed by atoms with van der Waals surface area (Å²) in [5.74, 6) is 0.569. The molecule has 3 aromatic rings. The third kappa shape index (κ3) is 2.37. The Morgan fingerprint density at radius 1 is 1.27 bits per heavy atom. The zero-order valence-corrected chi connectivity index (χ0v) is 12.6. The average molecular weight is 296 g/mol. The van der Waals surface area contributed by atoms with Crippen LogP contribution in [0.25, 0.3) is 22.3 Å². The molecule has 22 heavy (non-hydrogen) atoms. The summed E-state index contributed by atoms with van der Waals surface area (Å²) in [6, 6.07) is 7.48. The standard InChI is InChI=1S/C16H16N4O2/c1-10(22-3)15-19-13-8-11(12-6-4-5-7-17-12)9-18-14(13)16(21)20(15)2/h4-10H,1-3H3. The number of hydrogen-bond donors (Lipinski definition) is 0. The van der Waals surface area contributed by atoms with Gasteiger partial charge in [-0.05, 0) is 25.1 Å². The van der Waals surface area contributed by atoms with Gasteiger partial charge in [-0.25, -0.2) is 9.97 Å². The fourth-order valence-corrected chi connectivity index (χ4v) is 2.31. The van der Waals surface area contributed by atoms with Crippen LogP contribution in [-0.2, 0) is 11.8 Å². The van der Waals surface area contributed by atoms with Gasteiger partial charge in [0.1, 0.15) is 11.9 Å². The van der Waals surface area contributed by atoms with E-state index in [0.29, 0.717) is 16.9 Å². The van der Waals surface area contributed by atoms with E-state index in [4.69, 9.17) is 4.74 Å². The Morgan fingerprint density at radius 3 is 2.77 bits per heavy atom. The van der Waals surface area contributed by atoms with Crippen LogP contribution in [0.5, 0.6) is 0 Å². The summed E-state index contributed by atoms with van der Waals surface area (Å²) < 4.78 is 6.76. The number of rotatable bonds is 3. The van der Waals surface area contributed by atoms with E-state index >= 15 is 0 Å². The van der Waals surface area contributed by atoms with E-state index in [1.165, 1.54) is 4.57 Å². The van der Waals surface area contributed by atoms with E-state index in [-0.39, 0.29) is 11.7 Å². The Bertz CT molecular complexity index is 874. The lowest BCUT2D eigenvalue weighted by molar-refractivity contribution is 0.108.